The highest BCUT2D eigenvalue weighted by Gasteiger charge is 2.38. The van der Waals surface area contributed by atoms with Crippen molar-refractivity contribution in [2.75, 3.05) is 47.4 Å². The standard InChI is InChI=1S/C24H37N3O6S/c1-17-13-27(18(2)16-28)34(31,32)22-9-8-19(10-11-24(3,4)30)12-20(22)33-21(17)14-26(7)23(29)15-25(5)6/h8-9,12,17-18,21,28,30H,13-16H2,1-7H3/t17-,18+,21-/m0/s1. The summed E-state index contributed by atoms with van der Waals surface area (Å²) in [5.41, 5.74) is -0.723. The number of hydrogen-bond acceptors (Lipinski definition) is 7. The normalized spacial score (nSPS) is 21.4. The Morgan fingerprint density at radius 2 is 1.97 bits per heavy atom. The first-order valence-corrected chi connectivity index (χ1v) is 12.7. The van der Waals surface area contributed by atoms with Gasteiger partial charge in [-0.3, -0.25) is 4.79 Å². The number of rotatable bonds is 6. The lowest BCUT2D eigenvalue weighted by Crippen LogP contribution is -2.50. The fraction of sp³-hybridized carbons (Fsp3) is 0.625. The fourth-order valence-electron chi connectivity index (χ4n) is 3.51. The molecule has 0 saturated heterocycles. The van der Waals surface area contributed by atoms with Crippen LogP contribution in [0, 0.1) is 17.8 Å². The van der Waals surface area contributed by atoms with Crippen molar-refractivity contribution in [3.8, 4) is 17.6 Å². The number of hydrogen-bond donors (Lipinski definition) is 2. The second kappa shape index (κ2) is 11.1. The number of benzene rings is 1. The van der Waals surface area contributed by atoms with Gasteiger partial charge in [0.25, 0.3) is 0 Å². The van der Waals surface area contributed by atoms with Crippen molar-refractivity contribution in [3.63, 3.8) is 0 Å². The third-order valence-electron chi connectivity index (χ3n) is 5.51. The lowest BCUT2D eigenvalue weighted by Gasteiger charge is -2.37. The smallest absolute Gasteiger partial charge is 0.247 e. The van der Waals surface area contributed by atoms with Gasteiger partial charge in [-0.2, -0.15) is 4.31 Å². The van der Waals surface area contributed by atoms with Crippen LogP contribution in [0.5, 0.6) is 5.75 Å². The number of carbonyl (C=O) groups excluding carboxylic acids is 1. The van der Waals surface area contributed by atoms with Crippen LogP contribution in [0.25, 0.3) is 0 Å². The average molecular weight is 496 g/mol. The average Bonchev–Trinajstić information content (AvgIpc) is 2.73. The molecule has 1 aromatic rings. The van der Waals surface area contributed by atoms with Crippen molar-refractivity contribution in [3.05, 3.63) is 23.8 Å². The van der Waals surface area contributed by atoms with Gasteiger partial charge in [0.05, 0.1) is 19.7 Å². The first-order chi connectivity index (χ1) is 15.7. The van der Waals surface area contributed by atoms with E-state index in [1.165, 1.54) is 10.4 Å². The summed E-state index contributed by atoms with van der Waals surface area (Å²) in [6.07, 6.45) is -0.503. The number of sulfonamides is 1. The van der Waals surface area contributed by atoms with Crippen LogP contribution in [0.15, 0.2) is 23.1 Å². The van der Waals surface area contributed by atoms with Crippen LogP contribution in [0.2, 0.25) is 0 Å². The van der Waals surface area contributed by atoms with E-state index in [2.05, 4.69) is 11.8 Å². The Hall–Kier alpha value is -2.16. The molecule has 0 aliphatic carbocycles. The second-order valence-electron chi connectivity index (χ2n) is 9.72. The number of ether oxygens (including phenoxy) is 1. The zero-order chi connectivity index (χ0) is 25.8. The molecule has 1 heterocycles. The largest absolute Gasteiger partial charge is 0.487 e. The molecule has 0 bridgehead atoms. The molecule has 9 nitrogen and oxygen atoms in total. The summed E-state index contributed by atoms with van der Waals surface area (Å²) in [6, 6.07) is 3.90. The molecule has 1 aliphatic heterocycles. The van der Waals surface area contributed by atoms with Crippen LogP contribution in [-0.4, -0.2) is 104 Å². The summed E-state index contributed by atoms with van der Waals surface area (Å²) < 4.78 is 34.5. The van der Waals surface area contributed by atoms with Crippen molar-refractivity contribution in [2.24, 2.45) is 5.92 Å². The summed E-state index contributed by atoms with van der Waals surface area (Å²) >= 11 is 0. The van der Waals surface area contributed by atoms with Crippen molar-refractivity contribution >= 4 is 15.9 Å². The third-order valence-corrected chi connectivity index (χ3v) is 7.53. The first kappa shape index (κ1) is 28.1. The van der Waals surface area contributed by atoms with Crippen LogP contribution >= 0.6 is 0 Å². The molecular formula is C24H37N3O6S. The topological polar surface area (TPSA) is 111 Å². The zero-order valence-electron chi connectivity index (χ0n) is 21.1. The minimum Gasteiger partial charge on any atom is -0.487 e. The number of amides is 1. The van der Waals surface area contributed by atoms with E-state index >= 15 is 0 Å². The molecular weight excluding hydrogens is 458 g/mol. The molecule has 10 heteroatoms. The lowest BCUT2D eigenvalue weighted by molar-refractivity contribution is -0.132. The predicted octanol–water partition coefficient (Wildman–Crippen LogP) is 0.598. The van der Waals surface area contributed by atoms with E-state index in [-0.39, 0.29) is 48.7 Å². The van der Waals surface area contributed by atoms with Gasteiger partial charge in [0.15, 0.2) is 0 Å². The monoisotopic (exact) mass is 495 g/mol. The van der Waals surface area contributed by atoms with E-state index in [0.29, 0.717) is 5.56 Å². The summed E-state index contributed by atoms with van der Waals surface area (Å²) in [5.74, 6) is 5.33. The van der Waals surface area contributed by atoms with E-state index in [4.69, 9.17) is 4.74 Å². The van der Waals surface area contributed by atoms with Crippen molar-refractivity contribution in [1.82, 2.24) is 14.1 Å². The number of likely N-dealkylation sites (N-methyl/N-ethyl adjacent to an activating group) is 2. The molecule has 0 fully saturated rings. The maximum absolute atomic E-state index is 13.5. The Balaban J connectivity index is 2.55. The summed E-state index contributed by atoms with van der Waals surface area (Å²) in [5, 5.41) is 19.7. The molecule has 0 unspecified atom stereocenters. The van der Waals surface area contributed by atoms with E-state index in [1.54, 1.807) is 49.8 Å². The highest BCUT2D eigenvalue weighted by molar-refractivity contribution is 7.89. The maximum Gasteiger partial charge on any atom is 0.247 e. The molecule has 0 saturated carbocycles. The SMILES string of the molecule is C[C@H](CO)N1C[C@H](C)[C@H](CN(C)C(=O)CN(C)C)Oc2cc(C#CC(C)(C)O)ccc2S1(=O)=O. The second-order valence-corrected chi connectivity index (χ2v) is 11.6. The van der Waals surface area contributed by atoms with Gasteiger partial charge in [-0.1, -0.05) is 18.8 Å². The highest BCUT2D eigenvalue weighted by Crippen LogP contribution is 2.34. The Labute approximate surface area is 203 Å². The van der Waals surface area contributed by atoms with Crippen molar-refractivity contribution < 1.29 is 28.2 Å². The molecule has 2 N–H and O–H groups in total. The molecule has 0 aromatic heterocycles. The number of aliphatic hydroxyl groups is 2. The summed E-state index contributed by atoms with van der Waals surface area (Å²) in [7, 11) is 1.35. The molecule has 1 aliphatic rings. The van der Waals surface area contributed by atoms with Crippen LogP contribution in [0.3, 0.4) is 0 Å². The minimum absolute atomic E-state index is 0.0271. The lowest BCUT2D eigenvalue weighted by atomic mass is 10.0. The fourth-order valence-corrected chi connectivity index (χ4v) is 5.34. The number of aliphatic hydroxyl groups excluding tert-OH is 1. The molecule has 190 valence electrons. The van der Waals surface area contributed by atoms with Crippen LogP contribution in [0.1, 0.15) is 33.3 Å². The van der Waals surface area contributed by atoms with Gasteiger partial charge in [0.2, 0.25) is 15.9 Å². The van der Waals surface area contributed by atoms with Crippen molar-refractivity contribution in [2.45, 2.75) is 50.3 Å². The van der Waals surface area contributed by atoms with Gasteiger partial charge in [-0.05, 0) is 53.1 Å². The Kier molecular flexibility index (Phi) is 9.13. The minimum atomic E-state index is -3.97. The predicted molar refractivity (Wildman–Crippen MR) is 130 cm³/mol. The van der Waals surface area contributed by atoms with Crippen LogP contribution in [-0.2, 0) is 14.8 Å². The maximum atomic E-state index is 13.5. The van der Waals surface area contributed by atoms with Gasteiger partial charge in [-0.25, -0.2) is 8.42 Å². The molecule has 1 amide bonds. The molecule has 34 heavy (non-hydrogen) atoms. The zero-order valence-corrected chi connectivity index (χ0v) is 21.9. The summed E-state index contributed by atoms with van der Waals surface area (Å²) in [4.78, 5) is 15.9. The van der Waals surface area contributed by atoms with E-state index < -0.39 is 27.8 Å². The van der Waals surface area contributed by atoms with Gasteiger partial charge in [0, 0.05) is 31.1 Å². The Morgan fingerprint density at radius 3 is 2.53 bits per heavy atom. The van der Waals surface area contributed by atoms with Gasteiger partial charge in [0.1, 0.15) is 22.4 Å². The number of fused-ring (bicyclic) bond motifs is 1. The van der Waals surface area contributed by atoms with E-state index in [1.807, 2.05) is 21.0 Å². The van der Waals surface area contributed by atoms with Crippen LogP contribution < -0.4 is 4.74 Å². The van der Waals surface area contributed by atoms with E-state index in [9.17, 15) is 23.4 Å². The first-order valence-electron chi connectivity index (χ1n) is 11.2. The quantitative estimate of drug-likeness (QED) is 0.556. The summed E-state index contributed by atoms with van der Waals surface area (Å²) in [6.45, 7) is 6.93. The van der Waals surface area contributed by atoms with Gasteiger partial charge in [-0.15, -0.1) is 0 Å². The van der Waals surface area contributed by atoms with E-state index in [0.717, 1.165) is 0 Å². The molecule has 1 aromatic carbocycles. The Bertz CT molecular complexity index is 1040. The van der Waals surface area contributed by atoms with Crippen molar-refractivity contribution in [1.29, 1.82) is 0 Å². The Morgan fingerprint density at radius 1 is 1.32 bits per heavy atom. The molecule has 0 spiro atoms. The molecule has 3 atom stereocenters. The highest BCUT2D eigenvalue weighted by atomic mass is 32.2. The van der Waals surface area contributed by atoms with Gasteiger partial charge >= 0.3 is 0 Å². The molecule has 2 rings (SSSR count). The van der Waals surface area contributed by atoms with Crippen LogP contribution in [0.4, 0.5) is 0 Å². The number of nitrogens with zero attached hydrogens (tertiary/aromatic N) is 3. The third kappa shape index (κ3) is 7.17. The van der Waals surface area contributed by atoms with Gasteiger partial charge < -0.3 is 24.7 Å². The molecule has 0 radical (unpaired) electrons. The number of carbonyl (C=O) groups is 1.